The van der Waals surface area contributed by atoms with Gasteiger partial charge in [-0.15, -0.1) is 0 Å². The molecule has 3 heteroatoms. The Morgan fingerprint density at radius 2 is 1.82 bits per heavy atom. The van der Waals surface area contributed by atoms with E-state index in [9.17, 15) is 4.79 Å². The van der Waals surface area contributed by atoms with Crippen LogP contribution in [0.1, 0.15) is 16.9 Å². The van der Waals surface area contributed by atoms with E-state index < -0.39 is 0 Å². The standard InChI is InChI=1S/C14H12O3/c1-7-9(3)17-12-6-11-10(4-5-16-11)8(2)13(12)14(7)15/h4-6H,1-3H3. The van der Waals surface area contributed by atoms with E-state index in [-0.39, 0.29) is 5.43 Å². The summed E-state index contributed by atoms with van der Waals surface area (Å²) in [5, 5.41) is 1.62. The van der Waals surface area contributed by atoms with Crippen LogP contribution in [0.15, 0.2) is 32.0 Å². The minimum Gasteiger partial charge on any atom is -0.464 e. The summed E-state index contributed by atoms with van der Waals surface area (Å²) in [6.07, 6.45) is 1.63. The molecule has 0 aliphatic rings. The quantitative estimate of drug-likeness (QED) is 0.591. The van der Waals surface area contributed by atoms with Crippen molar-refractivity contribution in [2.45, 2.75) is 20.8 Å². The number of fused-ring (bicyclic) bond motifs is 2. The molecule has 0 amide bonds. The topological polar surface area (TPSA) is 43.4 Å². The van der Waals surface area contributed by atoms with Gasteiger partial charge >= 0.3 is 0 Å². The maximum atomic E-state index is 12.2. The van der Waals surface area contributed by atoms with Crippen LogP contribution in [0.2, 0.25) is 0 Å². The molecule has 2 heterocycles. The average molecular weight is 228 g/mol. The summed E-state index contributed by atoms with van der Waals surface area (Å²) in [6.45, 7) is 5.52. The van der Waals surface area contributed by atoms with Crippen molar-refractivity contribution in [1.82, 2.24) is 0 Å². The number of rotatable bonds is 0. The molecule has 0 spiro atoms. The zero-order valence-electron chi connectivity index (χ0n) is 9.96. The van der Waals surface area contributed by atoms with Crippen molar-refractivity contribution in [3.05, 3.63) is 45.5 Å². The van der Waals surface area contributed by atoms with Crippen molar-refractivity contribution in [2.24, 2.45) is 0 Å². The van der Waals surface area contributed by atoms with Crippen molar-refractivity contribution < 1.29 is 8.83 Å². The van der Waals surface area contributed by atoms with E-state index >= 15 is 0 Å². The smallest absolute Gasteiger partial charge is 0.196 e. The monoisotopic (exact) mass is 228 g/mol. The maximum Gasteiger partial charge on any atom is 0.196 e. The van der Waals surface area contributed by atoms with Crippen LogP contribution in [0.25, 0.3) is 21.9 Å². The van der Waals surface area contributed by atoms with Crippen molar-refractivity contribution in [3.63, 3.8) is 0 Å². The number of hydrogen-bond acceptors (Lipinski definition) is 3. The molecule has 1 aromatic carbocycles. The number of aryl methyl sites for hydroxylation is 2. The number of hydrogen-bond donors (Lipinski definition) is 0. The number of furan rings is 1. The summed E-state index contributed by atoms with van der Waals surface area (Å²) in [5.41, 5.74) is 2.98. The second-order valence-electron chi connectivity index (χ2n) is 4.32. The van der Waals surface area contributed by atoms with Crippen LogP contribution >= 0.6 is 0 Å². The van der Waals surface area contributed by atoms with Crippen LogP contribution in [-0.2, 0) is 0 Å². The molecule has 0 bridgehead atoms. The minimum atomic E-state index is 0.0457. The van der Waals surface area contributed by atoms with Gasteiger partial charge in [0.15, 0.2) is 5.43 Å². The Labute approximate surface area is 97.7 Å². The molecule has 0 fully saturated rings. The van der Waals surface area contributed by atoms with E-state index in [4.69, 9.17) is 8.83 Å². The van der Waals surface area contributed by atoms with Crippen LogP contribution in [0.3, 0.4) is 0 Å². The predicted octanol–water partition coefficient (Wildman–Crippen LogP) is 3.46. The van der Waals surface area contributed by atoms with Gasteiger partial charge in [-0.25, -0.2) is 0 Å². The Morgan fingerprint density at radius 3 is 2.59 bits per heavy atom. The molecular weight excluding hydrogens is 216 g/mol. The van der Waals surface area contributed by atoms with Crippen LogP contribution in [0, 0.1) is 20.8 Å². The third kappa shape index (κ3) is 1.25. The Balaban J connectivity index is 2.67. The lowest BCUT2D eigenvalue weighted by atomic mass is 10.0. The molecule has 0 saturated carbocycles. The SMILES string of the molecule is Cc1oc2cc3occc3c(C)c2c(=O)c1C. The van der Waals surface area contributed by atoms with Crippen LogP contribution < -0.4 is 5.43 Å². The first-order valence-corrected chi connectivity index (χ1v) is 5.50. The molecular formula is C14H12O3. The molecule has 3 rings (SSSR count). The van der Waals surface area contributed by atoms with E-state index in [0.717, 1.165) is 16.5 Å². The van der Waals surface area contributed by atoms with E-state index in [0.29, 0.717) is 22.3 Å². The molecule has 0 saturated heterocycles. The highest BCUT2D eigenvalue weighted by Crippen LogP contribution is 2.27. The van der Waals surface area contributed by atoms with Gasteiger partial charge in [-0.2, -0.15) is 0 Å². The normalized spacial score (nSPS) is 11.5. The van der Waals surface area contributed by atoms with Gasteiger partial charge in [0.05, 0.1) is 11.6 Å². The first-order chi connectivity index (χ1) is 8.09. The molecule has 86 valence electrons. The van der Waals surface area contributed by atoms with Crippen molar-refractivity contribution in [3.8, 4) is 0 Å². The van der Waals surface area contributed by atoms with Gasteiger partial charge in [-0.1, -0.05) is 0 Å². The third-order valence-corrected chi connectivity index (χ3v) is 3.34. The van der Waals surface area contributed by atoms with E-state index in [1.807, 2.05) is 13.0 Å². The van der Waals surface area contributed by atoms with Gasteiger partial charge in [0.1, 0.15) is 16.9 Å². The van der Waals surface area contributed by atoms with Gasteiger partial charge in [0.2, 0.25) is 0 Å². The molecule has 0 atom stereocenters. The Bertz CT molecular complexity index is 790. The summed E-state index contributed by atoms with van der Waals surface area (Å²) in [4.78, 5) is 12.2. The molecule has 3 nitrogen and oxygen atoms in total. The van der Waals surface area contributed by atoms with Gasteiger partial charge < -0.3 is 8.83 Å². The molecule has 17 heavy (non-hydrogen) atoms. The lowest BCUT2D eigenvalue weighted by Gasteiger charge is -2.05. The minimum absolute atomic E-state index is 0.0457. The highest BCUT2D eigenvalue weighted by molar-refractivity contribution is 5.97. The zero-order chi connectivity index (χ0) is 12.2. The fraction of sp³-hybridized carbons (Fsp3) is 0.214. The lowest BCUT2D eigenvalue weighted by molar-refractivity contribution is 0.557. The zero-order valence-corrected chi connectivity index (χ0v) is 9.96. The highest BCUT2D eigenvalue weighted by Gasteiger charge is 2.13. The molecule has 2 aromatic heterocycles. The number of benzene rings is 1. The summed E-state index contributed by atoms with van der Waals surface area (Å²) < 4.78 is 11.0. The van der Waals surface area contributed by atoms with Crippen molar-refractivity contribution >= 4 is 21.9 Å². The first kappa shape index (κ1) is 10.1. The second-order valence-corrected chi connectivity index (χ2v) is 4.32. The predicted molar refractivity (Wildman–Crippen MR) is 66.5 cm³/mol. The molecule has 0 unspecified atom stereocenters. The van der Waals surface area contributed by atoms with Gasteiger partial charge in [-0.05, 0) is 32.4 Å². The average Bonchev–Trinajstić information content (AvgIpc) is 2.74. The Hall–Kier alpha value is -2.03. The molecule has 0 radical (unpaired) electrons. The van der Waals surface area contributed by atoms with Gasteiger partial charge in [0.25, 0.3) is 0 Å². The lowest BCUT2D eigenvalue weighted by Crippen LogP contribution is -2.08. The first-order valence-electron chi connectivity index (χ1n) is 5.50. The fourth-order valence-corrected chi connectivity index (χ4v) is 2.20. The molecule has 0 aliphatic carbocycles. The second kappa shape index (κ2) is 3.23. The molecule has 3 aromatic rings. The fourth-order valence-electron chi connectivity index (χ4n) is 2.20. The van der Waals surface area contributed by atoms with Crippen LogP contribution in [0.4, 0.5) is 0 Å². The van der Waals surface area contributed by atoms with Gasteiger partial charge in [0, 0.05) is 17.0 Å². The van der Waals surface area contributed by atoms with Crippen molar-refractivity contribution in [1.29, 1.82) is 0 Å². The van der Waals surface area contributed by atoms with Crippen molar-refractivity contribution in [2.75, 3.05) is 0 Å². The summed E-state index contributed by atoms with van der Waals surface area (Å²) in [7, 11) is 0. The van der Waals surface area contributed by atoms with Crippen LogP contribution in [-0.4, -0.2) is 0 Å². The largest absolute Gasteiger partial charge is 0.464 e. The molecule has 0 aliphatic heterocycles. The molecule has 0 N–H and O–H groups in total. The summed E-state index contributed by atoms with van der Waals surface area (Å²) in [6, 6.07) is 3.66. The maximum absolute atomic E-state index is 12.2. The van der Waals surface area contributed by atoms with E-state index in [2.05, 4.69) is 0 Å². The van der Waals surface area contributed by atoms with E-state index in [1.54, 1.807) is 26.2 Å². The third-order valence-electron chi connectivity index (χ3n) is 3.34. The summed E-state index contributed by atoms with van der Waals surface area (Å²) in [5.74, 6) is 0.660. The Kier molecular flexibility index (Phi) is 1.93. The summed E-state index contributed by atoms with van der Waals surface area (Å²) >= 11 is 0. The Morgan fingerprint density at radius 1 is 1.06 bits per heavy atom. The van der Waals surface area contributed by atoms with Gasteiger partial charge in [-0.3, -0.25) is 4.79 Å². The highest BCUT2D eigenvalue weighted by atomic mass is 16.3. The van der Waals surface area contributed by atoms with E-state index in [1.165, 1.54) is 0 Å². The van der Waals surface area contributed by atoms with Crippen LogP contribution in [0.5, 0.6) is 0 Å².